The van der Waals surface area contributed by atoms with Crippen molar-refractivity contribution in [2.45, 2.75) is 0 Å². The number of aromatic nitrogens is 2. The van der Waals surface area contributed by atoms with E-state index in [9.17, 15) is 13.6 Å². The average Bonchev–Trinajstić information content (AvgIpc) is 2.43. The van der Waals surface area contributed by atoms with Crippen LogP contribution in [0.15, 0.2) is 30.6 Å². The maximum atomic E-state index is 13.4. The Bertz CT molecular complexity index is 620. The molecular weight excluding hydrogens is 258 g/mol. The summed E-state index contributed by atoms with van der Waals surface area (Å²) in [6.07, 6.45) is 2.33. The van der Waals surface area contributed by atoms with Crippen LogP contribution in [0.1, 0.15) is 10.5 Å². The van der Waals surface area contributed by atoms with Crippen LogP contribution in [0.25, 0.3) is 0 Å². The summed E-state index contributed by atoms with van der Waals surface area (Å²) in [5, 5.41) is 0. The van der Waals surface area contributed by atoms with Gasteiger partial charge in [0.15, 0.2) is 17.3 Å². The third kappa shape index (κ3) is 2.82. The van der Waals surface area contributed by atoms with E-state index in [1.165, 1.54) is 25.4 Å². The first-order chi connectivity index (χ1) is 9.11. The molecule has 0 fully saturated rings. The minimum atomic E-state index is -1.15. The molecule has 7 heteroatoms. The first kappa shape index (κ1) is 12.9. The molecule has 0 aliphatic rings. The van der Waals surface area contributed by atoms with E-state index >= 15 is 0 Å². The summed E-state index contributed by atoms with van der Waals surface area (Å²) in [6, 6.07) is 3.47. The maximum Gasteiger partial charge on any atom is 0.358 e. The van der Waals surface area contributed by atoms with Crippen LogP contribution >= 0.6 is 0 Å². The summed E-state index contributed by atoms with van der Waals surface area (Å²) < 4.78 is 35.8. The monoisotopic (exact) mass is 266 g/mol. The van der Waals surface area contributed by atoms with Gasteiger partial charge in [0.2, 0.25) is 11.7 Å². The summed E-state index contributed by atoms with van der Waals surface area (Å²) in [4.78, 5) is 18.7. The number of methoxy groups -OCH3 is 1. The molecule has 0 aliphatic carbocycles. The van der Waals surface area contributed by atoms with Gasteiger partial charge in [0, 0.05) is 0 Å². The first-order valence-corrected chi connectivity index (χ1v) is 5.14. The van der Waals surface area contributed by atoms with Gasteiger partial charge >= 0.3 is 5.97 Å². The fourth-order valence-corrected chi connectivity index (χ4v) is 1.28. The van der Waals surface area contributed by atoms with Crippen LogP contribution in [-0.4, -0.2) is 23.0 Å². The van der Waals surface area contributed by atoms with Gasteiger partial charge < -0.3 is 9.47 Å². The normalized spacial score (nSPS) is 10.1. The van der Waals surface area contributed by atoms with Crippen LogP contribution in [0.2, 0.25) is 0 Å². The quantitative estimate of drug-likeness (QED) is 0.798. The van der Waals surface area contributed by atoms with Gasteiger partial charge in [-0.2, -0.15) is 4.39 Å². The van der Waals surface area contributed by atoms with Crippen molar-refractivity contribution in [3.8, 4) is 11.6 Å². The van der Waals surface area contributed by atoms with Gasteiger partial charge in [-0.15, -0.1) is 0 Å². The van der Waals surface area contributed by atoms with Gasteiger partial charge in [0.25, 0.3) is 0 Å². The van der Waals surface area contributed by atoms with Crippen LogP contribution in [0.5, 0.6) is 11.6 Å². The number of hydrogen-bond acceptors (Lipinski definition) is 5. The maximum absolute atomic E-state index is 13.4. The molecule has 0 N–H and O–H groups in total. The molecule has 1 aromatic carbocycles. The lowest BCUT2D eigenvalue weighted by atomic mass is 10.3. The lowest BCUT2D eigenvalue weighted by Gasteiger charge is -2.06. The molecule has 0 saturated heterocycles. The topological polar surface area (TPSA) is 61.3 Å². The Labute approximate surface area is 106 Å². The molecule has 1 heterocycles. The predicted octanol–water partition coefficient (Wildman–Crippen LogP) is 2.33. The molecule has 19 heavy (non-hydrogen) atoms. The molecule has 0 aliphatic heterocycles. The molecular formula is C12H8F2N2O3. The van der Waals surface area contributed by atoms with Crippen molar-refractivity contribution in [2.24, 2.45) is 0 Å². The second-order valence-electron chi connectivity index (χ2n) is 3.39. The van der Waals surface area contributed by atoms with E-state index in [1.54, 1.807) is 0 Å². The zero-order valence-corrected chi connectivity index (χ0v) is 9.76. The third-order valence-electron chi connectivity index (χ3n) is 2.14. The lowest BCUT2D eigenvalue weighted by Crippen LogP contribution is -2.05. The molecule has 0 unspecified atom stereocenters. The van der Waals surface area contributed by atoms with E-state index in [0.717, 1.165) is 12.3 Å². The van der Waals surface area contributed by atoms with Crippen LogP contribution in [-0.2, 0) is 4.74 Å². The Balaban J connectivity index is 2.28. The Morgan fingerprint density at radius 1 is 1.26 bits per heavy atom. The summed E-state index contributed by atoms with van der Waals surface area (Å²) in [6.45, 7) is 0. The summed E-state index contributed by atoms with van der Waals surface area (Å²) >= 11 is 0. The van der Waals surface area contributed by atoms with E-state index < -0.39 is 17.6 Å². The fourth-order valence-electron chi connectivity index (χ4n) is 1.28. The number of rotatable bonds is 3. The Morgan fingerprint density at radius 3 is 2.79 bits per heavy atom. The molecule has 0 radical (unpaired) electrons. The van der Waals surface area contributed by atoms with Crippen LogP contribution < -0.4 is 4.74 Å². The largest absolute Gasteiger partial charge is 0.464 e. The Kier molecular flexibility index (Phi) is 3.65. The number of hydrogen-bond donors (Lipinski definition) is 0. The Hall–Kier alpha value is -2.57. The molecule has 0 amide bonds. The smallest absolute Gasteiger partial charge is 0.358 e. The molecule has 0 spiro atoms. The summed E-state index contributed by atoms with van der Waals surface area (Å²) in [7, 11) is 1.18. The van der Waals surface area contributed by atoms with Gasteiger partial charge in [-0.1, -0.05) is 6.07 Å². The SMILES string of the molecule is COC(=O)c1cncc(Oc2cccc(F)c2F)n1. The van der Waals surface area contributed by atoms with Crippen molar-refractivity contribution >= 4 is 5.97 Å². The van der Waals surface area contributed by atoms with Crippen molar-refractivity contribution in [1.82, 2.24) is 9.97 Å². The van der Waals surface area contributed by atoms with Crippen LogP contribution in [0.3, 0.4) is 0 Å². The van der Waals surface area contributed by atoms with Crippen molar-refractivity contribution < 1.29 is 23.0 Å². The third-order valence-corrected chi connectivity index (χ3v) is 2.14. The molecule has 98 valence electrons. The first-order valence-electron chi connectivity index (χ1n) is 5.14. The molecule has 0 atom stereocenters. The number of esters is 1. The van der Waals surface area contributed by atoms with E-state index in [-0.39, 0.29) is 17.3 Å². The highest BCUT2D eigenvalue weighted by Gasteiger charge is 2.13. The molecule has 0 bridgehead atoms. The Morgan fingerprint density at radius 2 is 2.05 bits per heavy atom. The lowest BCUT2D eigenvalue weighted by molar-refractivity contribution is 0.0592. The van der Waals surface area contributed by atoms with E-state index in [4.69, 9.17) is 4.74 Å². The summed E-state index contributed by atoms with van der Waals surface area (Å²) in [5.41, 5.74) is -0.100. The zero-order valence-electron chi connectivity index (χ0n) is 9.76. The molecule has 1 aromatic heterocycles. The van der Waals surface area contributed by atoms with Crippen molar-refractivity contribution in [2.75, 3.05) is 7.11 Å². The van der Waals surface area contributed by atoms with Crippen LogP contribution in [0.4, 0.5) is 8.78 Å². The number of carbonyl (C=O) groups is 1. The highest BCUT2D eigenvalue weighted by Crippen LogP contribution is 2.24. The van der Waals surface area contributed by atoms with Gasteiger partial charge in [-0.3, -0.25) is 4.98 Å². The van der Waals surface area contributed by atoms with Crippen LogP contribution in [0, 0.1) is 11.6 Å². The fraction of sp³-hybridized carbons (Fsp3) is 0.0833. The van der Waals surface area contributed by atoms with E-state index in [0.29, 0.717) is 0 Å². The number of ether oxygens (including phenoxy) is 2. The van der Waals surface area contributed by atoms with Gasteiger partial charge in [-0.05, 0) is 12.1 Å². The standard InChI is InChI=1S/C12H8F2N2O3/c1-18-12(17)8-5-15-6-10(16-8)19-9-4-2-3-7(13)11(9)14/h2-6H,1H3. The van der Waals surface area contributed by atoms with Gasteiger partial charge in [0.05, 0.1) is 19.5 Å². The number of benzene rings is 1. The van der Waals surface area contributed by atoms with E-state index in [1.807, 2.05) is 0 Å². The highest BCUT2D eigenvalue weighted by molar-refractivity contribution is 5.86. The van der Waals surface area contributed by atoms with Crippen molar-refractivity contribution in [3.63, 3.8) is 0 Å². The number of nitrogens with zero attached hydrogens (tertiary/aromatic N) is 2. The minimum Gasteiger partial charge on any atom is -0.464 e. The number of halogens is 2. The predicted molar refractivity (Wildman–Crippen MR) is 59.8 cm³/mol. The van der Waals surface area contributed by atoms with Gasteiger partial charge in [0.1, 0.15) is 0 Å². The van der Waals surface area contributed by atoms with Crippen molar-refractivity contribution in [1.29, 1.82) is 0 Å². The summed E-state index contributed by atoms with van der Waals surface area (Å²) in [5.74, 6) is -3.40. The molecule has 5 nitrogen and oxygen atoms in total. The second-order valence-corrected chi connectivity index (χ2v) is 3.39. The minimum absolute atomic E-state index is 0.100. The van der Waals surface area contributed by atoms with E-state index in [2.05, 4.69) is 14.7 Å². The number of carbonyl (C=O) groups excluding carboxylic acids is 1. The molecule has 2 rings (SSSR count). The average molecular weight is 266 g/mol. The highest BCUT2D eigenvalue weighted by atomic mass is 19.2. The van der Waals surface area contributed by atoms with Crippen molar-refractivity contribution in [3.05, 3.63) is 47.9 Å². The second kappa shape index (κ2) is 5.38. The molecule has 2 aromatic rings. The zero-order chi connectivity index (χ0) is 13.8. The molecule has 0 saturated carbocycles. The van der Waals surface area contributed by atoms with Gasteiger partial charge in [-0.25, -0.2) is 14.2 Å².